The van der Waals surface area contributed by atoms with Gasteiger partial charge in [0.25, 0.3) is 0 Å². The first-order chi connectivity index (χ1) is 13.7. The van der Waals surface area contributed by atoms with Crippen molar-refractivity contribution >= 4 is 21.6 Å². The van der Waals surface area contributed by atoms with Crippen LogP contribution in [0.5, 0.6) is 5.75 Å². The lowest BCUT2D eigenvalue weighted by molar-refractivity contribution is -0.116. The zero-order valence-corrected chi connectivity index (χ0v) is 18.6. The second-order valence-corrected chi connectivity index (χ2v) is 9.12. The number of amides is 1. The lowest BCUT2D eigenvalue weighted by atomic mass is 10.0. The van der Waals surface area contributed by atoms with Gasteiger partial charge in [-0.25, -0.2) is 12.7 Å². The highest BCUT2D eigenvalue weighted by atomic mass is 32.2. The molecule has 7 heteroatoms. The van der Waals surface area contributed by atoms with Gasteiger partial charge >= 0.3 is 0 Å². The summed E-state index contributed by atoms with van der Waals surface area (Å²) in [6.07, 6.45) is 2.27. The molecule has 2 rings (SSSR count). The Kier molecular flexibility index (Phi) is 7.81. The number of benzene rings is 2. The van der Waals surface area contributed by atoms with E-state index in [-0.39, 0.29) is 17.2 Å². The highest BCUT2D eigenvalue weighted by molar-refractivity contribution is 7.89. The van der Waals surface area contributed by atoms with Crippen LogP contribution in [0.2, 0.25) is 0 Å². The van der Waals surface area contributed by atoms with E-state index in [1.54, 1.807) is 12.1 Å². The molecule has 0 aliphatic carbocycles. The van der Waals surface area contributed by atoms with Gasteiger partial charge in [0.1, 0.15) is 5.75 Å². The molecule has 0 radical (unpaired) electrons. The van der Waals surface area contributed by atoms with E-state index in [4.69, 9.17) is 4.74 Å². The summed E-state index contributed by atoms with van der Waals surface area (Å²) >= 11 is 0. The minimum absolute atomic E-state index is 0.108. The third-order valence-electron chi connectivity index (χ3n) is 4.92. The minimum Gasteiger partial charge on any atom is -0.496 e. The molecule has 0 fully saturated rings. The first-order valence-corrected chi connectivity index (χ1v) is 11.2. The highest BCUT2D eigenvalue weighted by Gasteiger charge is 2.19. The molecular weight excluding hydrogens is 388 g/mol. The summed E-state index contributed by atoms with van der Waals surface area (Å²) in [6.45, 7) is 4.12. The maximum atomic E-state index is 12.6. The quantitative estimate of drug-likeness (QED) is 0.675. The van der Waals surface area contributed by atoms with Gasteiger partial charge in [-0.1, -0.05) is 32.0 Å². The number of anilines is 1. The lowest BCUT2D eigenvalue weighted by Gasteiger charge is -2.16. The molecule has 0 bridgehead atoms. The molecular formula is C22H30N2O4S. The van der Waals surface area contributed by atoms with Gasteiger partial charge in [0, 0.05) is 26.2 Å². The van der Waals surface area contributed by atoms with E-state index >= 15 is 0 Å². The topological polar surface area (TPSA) is 75.7 Å². The van der Waals surface area contributed by atoms with E-state index in [2.05, 4.69) is 19.2 Å². The number of ether oxygens (including phenoxy) is 1. The van der Waals surface area contributed by atoms with Crippen molar-refractivity contribution in [1.29, 1.82) is 0 Å². The maximum absolute atomic E-state index is 12.6. The average Bonchev–Trinajstić information content (AvgIpc) is 2.71. The molecule has 1 N–H and O–H groups in total. The second-order valence-electron chi connectivity index (χ2n) is 6.97. The molecule has 0 saturated carbocycles. The number of carbonyl (C=O) groups excluding carboxylic acids is 1. The fraction of sp³-hybridized carbons (Fsp3) is 0.409. The van der Waals surface area contributed by atoms with Gasteiger partial charge in [0.15, 0.2) is 0 Å². The maximum Gasteiger partial charge on any atom is 0.242 e. The number of aryl methyl sites for hydroxylation is 3. The van der Waals surface area contributed by atoms with Gasteiger partial charge in [-0.2, -0.15) is 0 Å². The van der Waals surface area contributed by atoms with Crippen LogP contribution in [0, 0.1) is 0 Å². The fourth-order valence-electron chi connectivity index (χ4n) is 3.17. The molecule has 0 aliphatic rings. The number of rotatable bonds is 9. The molecule has 2 aromatic rings. The Bertz CT molecular complexity index is 947. The van der Waals surface area contributed by atoms with Crippen LogP contribution in [0.15, 0.2) is 41.3 Å². The third kappa shape index (κ3) is 5.36. The Morgan fingerprint density at radius 1 is 1.03 bits per heavy atom. The van der Waals surface area contributed by atoms with Crippen molar-refractivity contribution in [1.82, 2.24) is 4.31 Å². The zero-order valence-electron chi connectivity index (χ0n) is 17.8. The molecule has 0 atom stereocenters. The van der Waals surface area contributed by atoms with Crippen molar-refractivity contribution in [2.24, 2.45) is 0 Å². The SMILES string of the molecule is CCc1cccc(CC)c1NC(=O)CCc1cc(S(=O)(=O)N(C)C)ccc1OC. The van der Waals surface area contributed by atoms with Crippen LogP contribution in [0.4, 0.5) is 5.69 Å². The number of para-hydroxylation sites is 1. The van der Waals surface area contributed by atoms with Crippen molar-refractivity contribution < 1.29 is 17.9 Å². The number of carbonyl (C=O) groups is 1. The summed E-state index contributed by atoms with van der Waals surface area (Å²) in [7, 11) is 0.958. The van der Waals surface area contributed by atoms with E-state index in [0.717, 1.165) is 29.7 Å². The van der Waals surface area contributed by atoms with Crippen LogP contribution in [0.1, 0.15) is 37.0 Å². The normalized spacial score (nSPS) is 11.5. The van der Waals surface area contributed by atoms with Gasteiger partial charge in [0.05, 0.1) is 12.0 Å². The third-order valence-corrected chi connectivity index (χ3v) is 6.73. The Morgan fingerprint density at radius 3 is 2.17 bits per heavy atom. The van der Waals surface area contributed by atoms with E-state index in [1.165, 1.54) is 31.6 Å². The van der Waals surface area contributed by atoms with Crippen LogP contribution < -0.4 is 10.1 Å². The lowest BCUT2D eigenvalue weighted by Crippen LogP contribution is -2.22. The van der Waals surface area contributed by atoms with Crippen LogP contribution in [0.3, 0.4) is 0 Å². The Balaban J connectivity index is 2.20. The molecule has 0 saturated heterocycles. The molecule has 158 valence electrons. The molecule has 6 nitrogen and oxygen atoms in total. The van der Waals surface area contributed by atoms with Crippen molar-refractivity contribution in [3.63, 3.8) is 0 Å². The van der Waals surface area contributed by atoms with Crippen LogP contribution in [0.25, 0.3) is 0 Å². The van der Waals surface area contributed by atoms with E-state index in [9.17, 15) is 13.2 Å². The molecule has 0 unspecified atom stereocenters. The standard InChI is InChI=1S/C22H30N2O4S/c1-6-16-9-8-10-17(7-2)22(16)23-21(25)14-11-18-15-19(12-13-20(18)28-5)29(26,27)24(3)4/h8-10,12-13,15H,6-7,11,14H2,1-5H3,(H,23,25). The monoisotopic (exact) mass is 418 g/mol. The van der Waals surface area contributed by atoms with E-state index in [0.29, 0.717) is 17.7 Å². The predicted octanol–water partition coefficient (Wildman–Crippen LogP) is 3.64. The number of nitrogens with one attached hydrogen (secondary N) is 1. The Hall–Kier alpha value is -2.38. The summed E-state index contributed by atoms with van der Waals surface area (Å²) in [5.41, 5.74) is 3.78. The molecule has 0 aliphatic heterocycles. The zero-order chi connectivity index (χ0) is 21.6. The van der Waals surface area contributed by atoms with E-state index in [1.807, 2.05) is 18.2 Å². The molecule has 0 heterocycles. The summed E-state index contributed by atoms with van der Waals surface area (Å²) in [5, 5.41) is 3.05. The van der Waals surface area contributed by atoms with Gasteiger partial charge in [-0.3, -0.25) is 4.79 Å². The van der Waals surface area contributed by atoms with Gasteiger partial charge < -0.3 is 10.1 Å². The number of methoxy groups -OCH3 is 1. The Morgan fingerprint density at radius 2 is 1.66 bits per heavy atom. The fourth-order valence-corrected chi connectivity index (χ4v) is 4.13. The first-order valence-electron chi connectivity index (χ1n) is 9.74. The van der Waals surface area contributed by atoms with Gasteiger partial charge in [0.2, 0.25) is 15.9 Å². The Labute approximate surface area is 173 Å². The first kappa shape index (κ1) is 22.9. The van der Waals surface area contributed by atoms with Gasteiger partial charge in [-0.05, 0) is 54.2 Å². The predicted molar refractivity (Wildman–Crippen MR) is 116 cm³/mol. The largest absolute Gasteiger partial charge is 0.496 e. The molecule has 2 aromatic carbocycles. The number of sulfonamides is 1. The number of hydrogen-bond donors (Lipinski definition) is 1. The summed E-state index contributed by atoms with van der Waals surface area (Å²) in [4.78, 5) is 12.8. The van der Waals surface area contributed by atoms with Crippen LogP contribution >= 0.6 is 0 Å². The van der Waals surface area contributed by atoms with E-state index < -0.39 is 10.0 Å². The smallest absolute Gasteiger partial charge is 0.242 e. The van der Waals surface area contributed by atoms with Gasteiger partial charge in [-0.15, -0.1) is 0 Å². The van der Waals surface area contributed by atoms with Crippen LogP contribution in [-0.4, -0.2) is 39.8 Å². The van der Waals surface area contributed by atoms with Crippen molar-refractivity contribution in [3.05, 3.63) is 53.1 Å². The number of hydrogen-bond acceptors (Lipinski definition) is 4. The summed E-state index contributed by atoms with van der Waals surface area (Å²) < 4.78 is 31.3. The molecule has 1 amide bonds. The number of nitrogens with zero attached hydrogens (tertiary/aromatic N) is 1. The van der Waals surface area contributed by atoms with Crippen molar-refractivity contribution in [2.45, 2.75) is 44.4 Å². The van der Waals surface area contributed by atoms with Crippen LogP contribution in [-0.2, 0) is 34.1 Å². The summed E-state index contributed by atoms with van der Waals surface area (Å²) in [5.74, 6) is 0.460. The average molecular weight is 419 g/mol. The second kappa shape index (κ2) is 9.89. The summed E-state index contributed by atoms with van der Waals surface area (Å²) in [6, 6.07) is 10.8. The highest BCUT2D eigenvalue weighted by Crippen LogP contribution is 2.26. The van der Waals surface area contributed by atoms with Crippen molar-refractivity contribution in [3.8, 4) is 5.75 Å². The molecule has 0 aromatic heterocycles. The van der Waals surface area contributed by atoms with Crippen molar-refractivity contribution in [2.75, 3.05) is 26.5 Å². The molecule has 0 spiro atoms. The molecule has 29 heavy (non-hydrogen) atoms. The minimum atomic E-state index is -3.55.